The molecular weight excluding hydrogens is 238 g/mol. The van der Waals surface area contributed by atoms with Gasteiger partial charge in [0.2, 0.25) is 0 Å². The van der Waals surface area contributed by atoms with Gasteiger partial charge < -0.3 is 10.1 Å². The number of rotatable bonds is 2. The first-order valence-corrected chi connectivity index (χ1v) is 8.07. The SMILES string of the molecule is CCOC(=O)C1CNCC12CCC1(CCCC1)CC2. The van der Waals surface area contributed by atoms with Gasteiger partial charge in [-0.3, -0.25) is 4.79 Å². The topological polar surface area (TPSA) is 38.3 Å². The number of carbonyl (C=O) groups is 1. The van der Waals surface area contributed by atoms with Crippen LogP contribution in [0.5, 0.6) is 0 Å². The molecule has 2 spiro atoms. The number of esters is 1. The molecule has 0 amide bonds. The van der Waals surface area contributed by atoms with Crippen LogP contribution in [-0.2, 0) is 9.53 Å². The quantitative estimate of drug-likeness (QED) is 0.780. The Labute approximate surface area is 116 Å². The monoisotopic (exact) mass is 265 g/mol. The van der Waals surface area contributed by atoms with Gasteiger partial charge in [0.25, 0.3) is 0 Å². The van der Waals surface area contributed by atoms with Gasteiger partial charge in [-0.1, -0.05) is 12.8 Å². The van der Waals surface area contributed by atoms with E-state index in [0.29, 0.717) is 12.0 Å². The first-order valence-electron chi connectivity index (χ1n) is 8.07. The molecule has 1 atom stereocenters. The highest BCUT2D eigenvalue weighted by molar-refractivity contribution is 5.74. The maximum atomic E-state index is 12.2. The largest absolute Gasteiger partial charge is 0.466 e. The molecule has 3 heteroatoms. The molecule has 0 radical (unpaired) electrons. The zero-order chi connectivity index (χ0) is 13.3. The van der Waals surface area contributed by atoms with Gasteiger partial charge in [-0.05, 0) is 56.3 Å². The van der Waals surface area contributed by atoms with Crippen LogP contribution >= 0.6 is 0 Å². The molecule has 2 saturated carbocycles. The van der Waals surface area contributed by atoms with Crippen LogP contribution in [0.25, 0.3) is 0 Å². The molecule has 1 heterocycles. The molecule has 1 aliphatic heterocycles. The van der Waals surface area contributed by atoms with Crippen LogP contribution in [0.4, 0.5) is 0 Å². The van der Waals surface area contributed by atoms with E-state index in [1.54, 1.807) is 0 Å². The van der Waals surface area contributed by atoms with Crippen LogP contribution in [0.2, 0.25) is 0 Å². The highest BCUT2D eigenvalue weighted by atomic mass is 16.5. The van der Waals surface area contributed by atoms with Crippen LogP contribution in [0.3, 0.4) is 0 Å². The molecule has 1 unspecified atom stereocenters. The lowest BCUT2D eigenvalue weighted by molar-refractivity contribution is -0.152. The molecule has 2 aliphatic carbocycles. The third-order valence-corrected chi connectivity index (χ3v) is 6.11. The molecule has 1 N–H and O–H groups in total. The smallest absolute Gasteiger partial charge is 0.310 e. The number of carbonyl (C=O) groups excluding carboxylic acids is 1. The Morgan fingerprint density at radius 3 is 2.47 bits per heavy atom. The summed E-state index contributed by atoms with van der Waals surface area (Å²) in [5, 5.41) is 3.45. The van der Waals surface area contributed by atoms with Crippen LogP contribution in [0.15, 0.2) is 0 Å². The summed E-state index contributed by atoms with van der Waals surface area (Å²) < 4.78 is 5.29. The predicted molar refractivity (Wildman–Crippen MR) is 74.8 cm³/mol. The van der Waals surface area contributed by atoms with Gasteiger partial charge in [0.15, 0.2) is 0 Å². The van der Waals surface area contributed by atoms with Gasteiger partial charge in [0, 0.05) is 13.1 Å². The average Bonchev–Trinajstić information content (AvgIpc) is 3.01. The Kier molecular flexibility index (Phi) is 3.59. The number of hydrogen-bond acceptors (Lipinski definition) is 3. The van der Waals surface area contributed by atoms with Gasteiger partial charge in [0.05, 0.1) is 12.5 Å². The van der Waals surface area contributed by atoms with Crippen molar-refractivity contribution in [3.8, 4) is 0 Å². The summed E-state index contributed by atoms with van der Waals surface area (Å²) in [5.74, 6) is 0.140. The third-order valence-electron chi connectivity index (χ3n) is 6.11. The zero-order valence-corrected chi connectivity index (χ0v) is 12.2. The van der Waals surface area contributed by atoms with Crippen molar-refractivity contribution in [2.45, 2.75) is 58.3 Å². The van der Waals surface area contributed by atoms with Crippen LogP contribution in [0, 0.1) is 16.7 Å². The molecule has 0 aromatic heterocycles. The second-order valence-corrected chi connectivity index (χ2v) is 7.01. The van der Waals surface area contributed by atoms with E-state index in [2.05, 4.69) is 5.32 Å². The Bertz CT molecular complexity index is 337. The average molecular weight is 265 g/mol. The summed E-state index contributed by atoms with van der Waals surface area (Å²) in [6.45, 7) is 4.26. The molecule has 0 bridgehead atoms. The Morgan fingerprint density at radius 2 is 1.84 bits per heavy atom. The van der Waals surface area contributed by atoms with Crippen LogP contribution in [-0.4, -0.2) is 25.7 Å². The number of hydrogen-bond donors (Lipinski definition) is 1. The van der Waals surface area contributed by atoms with E-state index in [0.717, 1.165) is 13.1 Å². The molecule has 0 aromatic rings. The van der Waals surface area contributed by atoms with Crippen LogP contribution in [0.1, 0.15) is 58.3 Å². The fraction of sp³-hybridized carbons (Fsp3) is 0.938. The summed E-state index contributed by atoms with van der Waals surface area (Å²) in [4.78, 5) is 12.2. The van der Waals surface area contributed by atoms with Crippen molar-refractivity contribution >= 4 is 5.97 Å². The van der Waals surface area contributed by atoms with Crippen molar-refractivity contribution in [3.05, 3.63) is 0 Å². The molecule has 108 valence electrons. The fourth-order valence-corrected chi connectivity index (χ4v) is 4.81. The number of nitrogens with one attached hydrogen (secondary N) is 1. The van der Waals surface area contributed by atoms with Gasteiger partial charge >= 0.3 is 5.97 Å². The van der Waals surface area contributed by atoms with Crippen molar-refractivity contribution in [2.75, 3.05) is 19.7 Å². The van der Waals surface area contributed by atoms with Crippen molar-refractivity contribution in [2.24, 2.45) is 16.7 Å². The highest BCUT2D eigenvalue weighted by Gasteiger charge is 2.52. The molecule has 3 rings (SSSR count). The Hall–Kier alpha value is -0.570. The second kappa shape index (κ2) is 5.08. The lowest BCUT2D eigenvalue weighted by Gasteiger charge is -2.45. The lowest BCUT2D eigenvalue weighted by Crippen LogP contribution is -2.41. The summed E-state index contributed by atoms with van der Waals surface area (Å²) in [6.07, 6.45) is 10.8. The van der Waals surface area contributed by atoms with E-state index < -0.39 is 0 Å². The minimum Gasteiger partial charge on any atom is -0.466 e. The maximum absolute atomic E-state index is 12.2. The fourth-order valence-electron chi connectivity index (χ4n) is 4.81. The van der Waals surface area contributed by atoms with Crippen molar-refractivity contribution in [3.63, 3.8) is 0 Å². The number of ether oxygens (including phenoxy) is 1. The van der Waals surface area contributed by atoms with E-state index in [4.69, 9.17) is 4.74 Å². The van der Waals surface area contributed by atoms with E-state index in [9.17, 15) is 4.79 Å². The predicted octanol–water partition coefficient (Wildman–Crippen LogP) is 2.89. The lowest BCUT2D eigenvalue weighted by atomic mass is 9.59. The third kappa shape index (κ3) is 2.31. The molecule has 0 aromatic carbocycles. The summed E-state index contributed by atoms with van der Waals surface area (Å²) in [7, 11) is 0. The molecular formula is C16H27NO2. The van der Waals surface area contributed by atoms with Gasteiger partial charge in [-0.15, -0.1) is 0 Å². The molecule has 3 nitrogen and oxygen atoms in total. The summed E-state index contributed by atoms with van der Waals surface area (Å²) in [6, 6.07) is 0. The van der Waals surface area contributed by atoms with Crippen molar-refractivity contribution in [1.29, 1.82) is 0 Å². The summed E-state index contributed by atoms with van der Waals surface area (Å²) in [5.41, 5.74) is 0.854. The first-order chi connectivity index (χ1) is 9.20. The molecule has 19 heavy (non-hydrogen) atoms. The normalized spacial score (nSPS) is 31.9. The second-order valence-electron chi connectivity index (χ2n) is 7.01. The molecule has 3 aliphatic rings. The van der Waals surface area contributed by atoms with Gasteiger partial charge in [0.1, 0.15) is 0 Å². The minimum absolute atomic E-state index is 0.0369. The van der Waals surface area contributed by atoms with Crippen molar-refractivity contribution < 1.29 is 9.53 Å². The minimum atomic E-state index is 0.0369. The Balaban J connectivity index is 1.68. The highest BCUT2D eigenvalue weighted by Crippen LogP contribution is 2.56. The maximum Gasteiger partial charge on any atom is 0.310 e. The summed E-state index contributed by atoms with van der Waals surface area (Å²) >= 11 is 0. The van der Waals surface area contributed by atoms with Crippen molar-refractivity contribution in [1.82, 2.24) is 5.32 Å². The standard InChI is InChI=1S/C16H27NO2/c1-2-19-14(18)13-11-17-12-16(13)9-7-15(8-10-16)5-3-4-6-15/h13,17H,2-12H2,1H3. The van der Waals surface area contributed by atoms with Crippen LogP contribution < -0.4 is 5.32 Å². The molecule has 1 saturated heterocycles. The van der Waals surface area contributed by atoms with E-state index in [1.165, 1.54) is 51.4 Å². The van der Waals surface area contributed by atoms with Gasteiger partial charge in [-0.25, -0.2) is 0 Å². The Morgan fingerprint density at radius 1 is 1.16 bits per heavy atom. The zero-order valence-electron chi connectivity index (χ0n) is 12.2. The molecule has 3 fully saturated rings. The van der Waals surface area contributed by atoms with Gasteiger partial charge in [-0.2, -0.15) is 0 Å². The van der Waals surface area contributed by atoms with E-state index >= 15 is 0 Å². The van der Waals surface area contributed by atoms with E-state index in [-0.39, 0.29) is 17.3 Å². The van der Waals surface area contributed by atoms with E-state index in [1.807, 2.05) is 6.92 Å². The first kappa shape index (κ1) is 13.4.